The second-order valence-electron chi connectivity index (χ2n) is 7.52. The predicted molar refractivity (Wildman–Crippen MR) is 122 cm³/mol. The van der Waals surface area contributed by atoms with Crippen molar-refractivity contribution in [1.82, 2.24) is 24.1 Å². The fourth-order valence-corrected chi connectivity index (χ4v) is 4.96. The summed E-state index contributed by atoms with van der Waals surface area (Å²) in [5, 5.41) is 26.8. The van der Waals surface area contributed by atoms with Crippen LogP contribution < -0.4 is 11.2 Å². The number of nitrogens with zero attached hydrogens (tertiary/aromatic N) is 5. The molecule has 0 amide bonds. The first kappa shape index (κ1) is 25.9. The van der Waals surface area contributed by atoms with Crippen LogP contribution in [0.3, 0.4) is 0 Å². The molecule has 3 atom stereocenters. The summed E-state index contributed by atoms with van der Waals surface area (Å²) in [6.07, 6.45) is 2.73. The van der Waals surface area contributed by atoms with E-state index < -0.39 is 17.4 Å². The fourth-order valence-electron chi connectivity index (χ4n) is 3.41. The van der Waals surface area contributed by atoms with Crippen LogP contribution in [0.25, 0.3) is 0 Å². The Balaban J connectivity index is 1.60. The third kappa shape index (κ3) is 6.90. The average molecular weight is 506 g/mol. The molecule has 1 fully saturated rings. The van der Waals surface area contributed by atoms with Gasteiger partial charge in [-0.2, -0.15) is 3.89 Å². The summed E-state index contributed by atoms with van der Waals surface area (Å²) in [7, 11) is 0. The molecule has 33 heavy (non-hydrogen) atoms. The van der Waals surface area contributed by atoms with E-state index in [1.54, 1.807) is 17.8 Å². The van der Waals surface area contributed by atoms with Crippen LogP contribution in [-0.4, -0.2) is 84.5 Å². The maximum atomic E-state index is 13.0. The van der Waals surface area contributed by atoms with Gasteiger partial charge in [0.1, 0.15) is 5.69 Å². The second kappa shape index (κ2) is 12.7. The smallest absolute Gasteiger partial charge is 0.332 e. The topological polar surface area (TPSA) is 134 Å². The van der Waals surface area contributed by atoms with E-state index in [9.17, 15) is 23.7 Å². The third-order valence-corrected chi connectivity index (χ3v) is 6.98. The van der Waals surface area contributed by atoms with Crippen LogP contribution in [0.5, 0.6) is 0 Å². The first-order chi connectivity index (χ1) is 15.9. The van der Waals surface area contributed by atoms with E-state index in [1.807, 2.05) is 0 Å². The highest BCUT2D eigenvalue weighted by Gasteiger charge is 2.35. The van der Waals surface area contributed by atoms with Crippen LogP contribution >= 0.6 is 23.9 Å². The average Bonchev–Trinajstić information content (AvgIpc) is 3.41. The van der Waals surface area contributed by atoms with E-state index in [0.29, 0.717) is 56.4 Å². The number of hydrogen-bond donors (Lipinski definition) is 2. The molecule has 1 saturated heterocycles. The van der Waals surface area contributed by atoms with Gasteiger partial charge in [-0.25, -0.2) is 9.48 Å². The number of aliphatic hydroxyl groups excluding tert-OH is 2. The summed E-state index contributed by atoms with van der Waals surface area (Å²) >= 11 is 1.55. The zero-order valence-corrected chi connectivity index (χ0v) is 19.8. The number of ether oxygens (including phenoxy) is 2. The van der Waals surface area contributed by atoms with E-state index in [1.165, 1.54) is 22.5 Å². The summed E-state index contributed by atoms with van der Waals surface area (Å²) in [6.45, 7) is 3.29. The van der Waals surface area contributed by atoms with Crippen LogP contribution in [0.4, 0.5) is 3.89 Å². The number of halogens is 1. The maximum absolute atomic E-state index is 13.0. The normalized spacial score (nSPS) is 20.5. The molecule has 0 radical (unpaired) electrons. The lowest BCUT2D eigenvalue weighted by Gasteiger charge is -2.16. The van der Waals surface area contributed by atoms with Crippen molar-refractivity contribution in [3.05, 3.63) is 44.5 Å². The first-order valence-electron chi connectivity index (χ1n) is 10.5. The largest absolute Gasteiger partial charge is 0.395 e. The van der Waals surface area contributed by atoms with Crippen molar-refractivity contribution in [1.29, 1.82) is 0 Å². The zero-order valence-electron chi connectivity index (χ0n) is 18.2. The van der Waals surface area contributed by atoms with Gasteiger partial charge >= 0.3 is 5.69 Å². The van der Waals surface area contributed by atoms with Crippen molar-refractivity contribution in [3.8, 4) is 0 Å². The van der Waals surface area contributed by atoms with Crippen LogP contribution in [0, 0.1) is 6.92 Å². The highest BCUT2D eigenvalue weighted by Crippen LogP contribution is 2.40. The van der Waals surface area contributed by atoms with Crippen molar-refractivity contribution in [2.45, 2.75) is 43.2 Å². The van der Waals surface area contributed by atoms with E-state index in [2.05, 4.69) is 10.3 Å². The lowest BCUT2D eigenvalue weighted by Crippen LogP contribution is -2.41. The van der Waals surface area contributed by atoms with Gasteiger partial charge in [0.2, 0.25) is 0 Å². The molecular weight excluding hydrogens is 477 g/mol. The van der Waals surface area contributed by atoms with Crippen molar-refractivity contribution in [3.63, 3.8) is 0 Å². The van der Waals surface area contributed by atoms with Gasteiger partial charge in [0, 0.05) is 36.1 Å². The summed E-state index contributed by atoms with van der Waals surface area (Å²) in [6, 6.07) is 0. The molecule has 2 N–H and O–H groups in total. The Labute approximate surface area is 198 Å². The molecule has 1 aliphatic heterocycles. The van der Waals surface area contributed by atoms with Crippen molar-refractivity contribution < 1.29 is 23.6 Å². The van der Waals surface area contributed by atoms with Crippen LogP contribution in [0.1, 0.15) is 23.1 Å². The van der Waals surface area contributed by atoms with Crippen LogP contribution in [0.15, 0.2) is 22.0 Å². The van der Waals surface area contributed by atoms with Gasteiger partial charge in [0.05, 0.1) is 69.0 Å². The van der Waals surface area contributed by atoms with E-state index in [0.717, 1.165) is 4.57 Å². The summed E-state index contributed by atoms with van der Waals surface area (Å²) < 4.78 is 26.6. The van der Waals surface area contributed by atoms with E-state index >= 15 is 0 Å². The number of aryl methyl sites for hydroxylation is 1. The van der Waals surface area contributed by atoms with Crippen molar-refractivity contribution in [2.24, 2.45) is 0 Å². The molecule has 2 aromatic heterocycles. The Hall–Kier alpha value is -1.71. The highest BCUT2D eigenvalue weighted by atomic mass is 32.2. The van der Waals surface area contributed by atoms with Gasteiger partial charge in [-0.15, -0.1) is 16.9 Å². The summed E-state index contributed by atoms with van der Waals surface area (Å²) in [5.41, 5.74) is -0.0727. The molecule has 1 aliphatic rings. The van der Waals surface area contributed by atoms with E-state index in [4.69, 9.17) is 9.47 Å². The number of aromatic nitrogens is 5. The maximum Gasteiger partial charge on any atom is 0.332 e. The first-order valence-corrected chi connectivity index (χ1v) is 12.3. The highest BCUT2D eigenvalue weighted by molar-refractivity contribution is 8.00. The molecular formula is C19H28FN5O6S2. The Morgan fingerprint density at radius 2 is 2.00 bits per heavy atom. The SMILES string of the molecule is Cc1cn(C2CC(O)C(CO)S2)c(=O)n(Cc2cn(CCOCCOCCSF)nn2)c1=O. The molecule has 3 rings (SSSR count). The Morgan fingerprint density at radius 1 is 1.24 bits per heavy atom. The molecule has 184 valence electrons. The molecule has 0 aliphatic carbocycles. The standard InChI is InChI=1S/C19H28FN5O6S2/c1-13-9-24(17-8-15(27)16(12-26)33-17)19(29)25(18(13)28)11-14-10-23(22-21-14)2-3-30-4-5-31-6-7-32-20/h9-10,15-17,26-27H,2-8,11-12H2,1H3. The minimum Gasteiger partial charge on any atom is -0.395 e. The Bertz CT molecular complexity index is 1020. The molecule has 0 aromatic carbocycles. The zero-order chi connectivity index (χ0) is 23.8. The van der Waals surface area contributed by atoms with Gasteiger partial charge in [-0.3, -0.25) is 13.9 Å². The van der Waals surface area contributed by atoms with Gasteiger partial charge in [-0.05, 0) is 6.92 Å². The minimum absolute atomic E-state index is 0.0377. The summed E-state index contributed by atoms with van der Waals surface area (Å²) in [5.74, 6) is 0.293. The molecule has 14 heteroatoms. The number of hydrogen-bond acceptors (Lipinski definition) is 10. The molecule has 0 spiro atoms. The molecule has 11 nitrogen and oxygen atoms in total. The van der Waals surface area contributed by atoms with Gasteiger partial charge in [-0.1, -0.05) is 5.21 Å². The van der Waals surface area contributed by atoms with Crippen LogP contribution in [-0.2, 0) is 22.6 Å². The number of thioether (sulfide) groups is 1. The monoisotopic (exact) mass is 505 g/mol. The fraction of sp³-hybridized carbons (Fsp3) is 0.684. The van der Waals surface area contributed by atoms with Gasteiger partial charge in [0.15, 0.2) is 0 Å². The number of aliphatic hydroxyl groups is 2. The minimum atomic E-state index is -0.722. The predicted octanol–water partition coefficient (Wildman–Crippen LogP) is -0.0336. The van der Waals surface area contributed by atoms with Crippen molar-refractivity contribution >= 4 is 23.9 Å². The summed E-state index contributed by atoms with van der Waals surface area (Å²) in [4.78, 5) is 25.7. The van der Waals surface area contributed by atoms with Crippen molar-refractivity contribution in [2.75, 3.05) is 38.8 Å². The Kier molecular flexibility index (Phi) is 9.94. The number of rotatable bonds is 13. The molecule has 3 heterocycles. The molecule has 3 unspecified atom stereocenters. The Morgan fingerprint density at radius 3 is 2.70 bits per heavy atom. The lowest BCUT2D eigenvalue weighted by molar-refractivity contribution is 0.0494. The molecule has 2 aromatic rings. The molecule has 0 bridgehead atoms. The second-order valence-corrected chi connectivity index (χ2v) is 9.57. The third-order valence-electron chi connectivity index (χ3n) is 5.11. The van der Waals surface area contributed by atoms with Gasteiger partial charge < -0.3 is 19.7 Å². The van der Waals surface area contributed by atoms with Gasteiger partial charge in [0.25, 0.3) is 5.56 Å². The molecule has 0 saturated carbocycles. The van der Waals surface area contributed by atoms with E-state index in [-0.39, 0.29) is 35.9 Å². The quantitative estimate of drug-likeness (QED) is 0.357. The lowest BCUT2D eigenvalue weighted by atomic mass is 10.2. The van der Waals surface area contributed by atoms with Crippen LogP contribution in [0.2, 0.25) is 0 Å².